The Bertz CT molecular complexity index is 1260. The molecule has 0 aliphatic carbocycles. The van der Waals surface area contributed by atoms with Crippen LogP contribution in [0.25, 0.3) is 22.0 Å². The van der Waals surface area contributed by atoms with Gasteiger partial charge < -0.3 is 15.0 Å². The molecule has 4 aromatic rings. The minimum atomic E-state index is -0.314. The second kappa shape index (κ2) is 9.33. The number of benzene rings is 1. The van der Waals surface area contributed by atoms with Crippen LogP contribution in [0.2, 0.25) is 0 Å². The average Bonchev–Trinajstić information content (AvgIpc) is 3.29. The van der Waals surface area contributed by atoms with E-state index in [9.17, 15) is 4.79 Å². The van der Waals surface area contributed by atoms with Crippen LogP contribution in [0.5, 0.6) is 0 Å². The molecule has 2 N–H and O–H groups in total. The SMILES string of the molecule is CCCc1ncc(NC(=O)c2n[nH]c3ccc(-c4cncc(N5CCOCC5)c4)cc23)cn1. The smallest absolute Gasteiger partial charge is 0.276 e. The number of amides is 1. The zero-order valence-electron chi connectivity index (χ0n) is 18.4. The molecule has 33 heavy (non-hydrogen) atoms. The summed E-state index contributed by atoms with van der Waals surface area (Å²) >= 11 is 0. The number of hydrogen-bond donors (Lipinski definition) is 2. The van der Waals surface area contributed by atoms with Crippen LogP contribution < -0.4 is 10.2 Å². The molecule has 4 heterocycles. The molecular formula is C24H25N7O2. The normalized spacial score (nSPS) is 13.9. The molecule has 0 spiro atoms. The summed E-state index contributed by atoms with van der Waals surface area (Å²) in [5.41, 5.74) is 4.65. The third-order valence-corrected chi connectivity index (χ3v) is 5.65. The number of aromatic amines is 1. The van der Waals surface area contributed by atoms with E-state index >= 15 is 0 Å². The molecule has 1 fully saturated rings. The van der Waals surface area contributed by atoms with Crippen LogP contribution in [-0.2, 0) is 11.2 Å². The van der Waals surface area contributed by atoms with Crippen molar-refractivity contribution in [2.24, 2.45) is 0 Å². The molecular weight excluding hydrogens is 418 g/mol. The first-order valence-electron chi connectivity index (χ1n) is 11.1. The lowest BCUT2D eigenvalue weighted by Crippen LogP contribution is -2.36. The van der Waals surface area contributed by atoms with Crippen LogP contribution in [0.4, 0.5) is 11.4 Å². The quantitative estimate of drug-likeness (QED) is 0.470. The van der Waals surface area contributed by atoms with E-state index in [1.54, 1.807) is 12.4 Å². The van der Waals surface area contributed by atoms with E-state index in [2.05, 4.69) is 48.4 Å². The number of morpholine rings is 1. The number of carbonyl (C=O) groups excluding carboxylic acids is 1. The molecule has 0 atom stereocenters. The van der Waals surface area contributed by atoms with Gasteiger partial charge in [0.15, 0.2) is 5.69 Å². The molecule has 9 heteroatoms. The van der Waals surface area contributed by atoms with Gasteiger partial charge in [0.25, 0.3) is 5.91 Å². The minimum Gasteiger partial charge on any atom is -0.378 e. The van der Waals surface area contributed by atoms with Crippen molar-refractivity contribution in [3.05, 3.63) is 60.6 Å². The zero-order valence-corrected chi connectivity index (χ0v) is 18.4. The molecule has 0 bridgehead atoms. The fourth-order valence-corrected chi connectivity index (χ4v) is 3.91. The topological polar surface area (TPSA) is 109 Å². The Labute approximate surface area is 191 Å². The molecule has 1 saturated heterocycles. The predicted molar refractivity (Wildman–Crippen MR) is 126 cm³/mol. The Balaban J connectivity index is 1.40. The van der Waals surface area contributed by atoms with E-state index in [1.807, 2.05) is 30.6 Å². The van der Waals surface area contributed by atoms with E-state index in [0.717, 1.165) is 72.7 Å². The van der Waals surface area contributed by atoms with E-state index in [1.165, 1.54) is 0 Å². The van der Waals surface area contributed by atoms with Crippen molar-refractivity contribution in [3.63, 3.8) is 0 Å². The zero-order chi connectivity index (χ0) is 22.6. The summed E-state index contributed by atoms with van der Waals surface area (Å²) in [6.07, 6.45) is 8.73. The number of hydrogen-bond acceptors (Lipinski definition) is 7. The summed E-state index contributed by atoms with van der Waals surface area (Å²) < 4.78 is 5.45. The van der Waals surface area contributed by atoms with Crippen molar-refractivity contribution in [2.75, 3.05) is 36.5 Å². The summed E-state index contributed by atoms with van der Waals surface area (Å²) in [6, 6.07) is 8.02. The second-order valence-corrected chi connectivity index (χ2v) is 7.96. The highest BCUT2D eigenvalue weighted by molar-refractivity contribution is 6.11. The van der Waals surface area contributed by atoms with Crippen molar-refractivity contribution in [2.45, 2.75) is 19.8 Å². The van der Waals surface area contributed by atoms with Gasteiger partial charge in [-0.05, 0) is 30.2 Å². The summed E-state index contributed by atoms with van der Waals surface area (Å²) in [5.74, 6) is 0.448. The van der Waals surface area contributed by atoms with Gasteiger partial charge in [-0.3, -0.25) is 14.9 Å². The number of aromatic nitrogens is 5. The monoisotopic (exact) mass is 443 g/mol. The van der Waals surface area contributed by atoms with Crippen molar-refractivity contribution in [1.82, 2.24) is 25.1 Å². The van der Waals surface area contributed by atoms with Crippen LogP contribution >= 0.6 is 0 Å². The number of anilines is 2. The number of H-pyrrole nitrogens is 1. The van der Waals surface area contributed by atoms with E-state index in [-0.39, 0.29) is 5.91 Å². The van der Waals surface area contributed by atoms with Crippen molar-refractivity contribution in [3.8, 4) is 11.1 Å². The van der Waals surface area contributed by atoms with Gasteiger partial charge in [0, 0.05) is 36.7 Å². The standard InChI is InChI=1S/C24H25N7O2/c1-2-3-22-26-13-18(14-27-22)28-24(32)23-20-11-16(4-5-21(20)29-30-23)17-10-19(15-25-12-17)31-6-8-33-9-7-31/h4-5,10-15H,2-3,6-9H2,1H3,(H,28,32)(H,29,30). The van der Waals surface area contributed by atoms with Crippen LogP contribution in [-0.4, -0.2) is 57.4 Å². The Morgan fingerprint density at radius 2 is 1.91 bits per heavy atom. The van der Waals surface area contributed by atoms with Crippen LogP contribution in [0.15, 0.2) is 49.1 Å². The van der Waals surface area contributed by atoms with Crippen molar-refractivity contribution >= 4 is 28.2 Å². The van der Waals surface area contributed by atoms with Gasteiger partial charge in [-0.25, -0.2) is 9.97 Å². The maximum absolute atomic E-state index is 12.9. The van der Waals surface area contributed by atoms with Crippen LogP contribution in [0.3, 0.4) is 0 Å². The molecule has 0 saturated carbocycles. The maximum Gasteiger partial charge on any atom is 0.276 e. The first-order chi connectivity index (χ1) is 16.2. The number of rotatable bonds is 6. The Morgan fingerprint density at radius 3 is 2.70 bits per heavy atom. The van der Waals surface area contributed by atoms with E-state index in [0.29, 0.717) is 11.4 Å². The highest BCUT2D eigenvalue weighted by Gasteiger charge is 2.17. The van der Waals surface area contributed by atoms with Gasteiger partial charge in [0.2, 0.25) is 0 Å². The summed E-state index contributed by atoms with van der Waals surface area (Å²) in [4.78, 5) is 28.2. The van der Waals surface area contributed by atoms with Gasteiger partial charge in [0.1, 0.15) is 5.82 Å². The number of ether oxygens (including phenoxy) is 1. The summed E-state index contributed by atoms with van der Waals surface area (Å²) in [7, 11) is 0. The van der Waals surface area contributed by atoms with Gasteiger partial charge in [-0.15, -0.1) is 0 Å². The Hall–Kier alpha value is -3.85. The molecule has 1 amide bonds. The third-order valence-electron chi connectivity index (χ3n) is 5.65. The first-order valence-corrected chi connectivity index (χ1v) is 11.1. The number of carbonyl (C=O) groups is 1. The molecule has 1 aliphatic heterocycles. The predicted octanol–water partition coefficient (Wildman–Crippen LogP) is 3.46. The van der Waals surface area contributed by atoms with Crippen LogP contribution in [0, 0.1) is 0 Å². The molecule has 0 unspecified atom stereocenters. The lowest BCUT2D eigenvalue weighted by atomic mass is 10.0. The first kappa shape index (κ1) is 21.0. The number of aryl methyl sites for hydroxylation is 1. The van der Waals surface area contributed by atoms with Crippen molar-refractivity contribution < 1.29 is 9.53 Å². The number of pyridine rings is 1. The largest absolute Gasteiger partial charge is 0.378 e. The molecule has 5 rings (SSSR count). The highest BCUT2D eigenvalue weighted by Crippen LogP contribution is 2.28. The summed E-state index contributed by atoms with van der Waals surface area (Å²) in [5, 5.41) is 10.8. The van der Waals surface area contributed by atoms with Gasteiger partial charge >= 0.3 is 0 Å². The average molecular weight is 444 g/mol. The number of nitrogens with one attached hydrogen (secondary N) is 2. The minimum absolute atomic E-state index is 0.314. The van der Waals surface area contributed by atoms with E-state index in [4.69, 9.17) is 4.74 Å². The Morgan fingerprint density at radius 1 is 1.09 bits per heavy atom. The second-order valence-electron chi connectivity index (χ2n) is 7.96. The molecule has 0 radical (unpaired) electrons. The van der Waals surface area contributed by atoms with Crippen LogP contribution in [0.1, 0.15) is 29.7 Å². The number of fused-ring (bicyclic) bond motifs is 1. The Kier molecular flexibility index (Phi) is 5.95. The molecule has 9 nitrogen and oxygen atoms in total. The van der Waals surface area contributed by atoms with Crippen molar-refractivity contribution in [1.29, 1.82) is 0 Å². The molecule has 1 aliphatic rings. The van der Waals surface area contributed by atoms with E-state index < -0.39 is 0 Å². The lowest BCUT2D eigenvalue weighted by Gasteiger charge is -2.28. The fraction of sp³-hybridized carbons (Fsp3) is 0.292. The molecule has 1 aromatic carbocycles. The summed E-state index contributed by atoms with van der Waals surface area (Å²) in [6.45, 7) is 5.20. The fourth-order valence-electron chi connectivity index (χ4n) is 3.91. The van der Waals surface area contributed by atoms with Gasteiger partial charge in [-0.1, -0.05) is 13.0 Å². The lowest BCUT2D eigenvalue weighted by molar-refractivity contribution is 0.102. The maximum atomic E-state index is 12.9. The van der Waals surface area contributed by atoms with Gasteiger partial charge in [0.05, 0.1) is 48.7 Å². The molecule has 168 valence electrons. The highest BCUT2D eigenvalue weighted by atomic mass is 16.5. The third kappa shape index (κ3) is 4.54. The molecule has 3 aromatic heterocycles. The number of nitrogens with zero attached hydrogens (tertiary/aromatic N) is 5. The van der Waals surface area contributed by atoms with Gasteiger partial charge in [-0.2, -0.15) is 5.10 Å².